The van der Waals surface area contributed by atoms with Crippen LogP contribution in [-0.4, -0.2) is 9.97 Å². The van der Waals surface area contributed by atoms with Gasteiger partial charge in [0, 0.05) is 18.1 Å². The third-order valence-corrected chi connectivity index (χ3v) is 3.79. The Morgan fingerprint density at radius 1 is 1.00 bits per heavy atom. The van der Waals surface area contributed by atoms with Crippen LogP contribution in [0.4, 0.5) is 0 Å². The Kier molecular flexibility index (Phi) is 6.06. The smallest absolute Gasteiger partial charge is 0.106 e. The molecule has 110 valence electrons. The molecule has 0 aliphatic heterocycles. The van der Waals surface area contributed by atoms with Crippen LogP contribution in [0, 0.1) is 28.6 Å². The molecule has 4 nitrogen and oxygen atoms in total. The van der Waals surface area contributed by atoms with Crippen LogP contribution in [-0.2, 0) is 6.42 Å². The Labute approximate surface area is 138 Å². The van der Waals surface area contributed by atoms with Crippen molar-refractivity contribution in [3.05, 3.63) is 58.1 Å². The molecular weight excluding hydrogens is 340 g/mol. The highest BCUT2D eigenvalue weighted by Gasteiger charge is 2.20. The molecule has 1 saturated carbocycles. The molecule has 1 aliphatic rings. The highest BCUT2D eigenvalue weighted by atomic mass is 79.9. The van der Waals surface area contributed by atoms with Crippen LogP contribution < -0.4 is 0 Å². The number of halogens is 1. The minimum absolute atomic E-state index is 0.582. The summed E-state index contributed by atoms with van der Waals surface area (Å²) in [5.74, 6) is 0.956. The first kappa shape index (κ1) is 16.1. The molecule has 1 fully saturated rings. The number of aromatic nitrogens is 2. The van der Waals surface area contributed by atoms with Crippen LogP contribution in [0.2, 0.25) is 0 Å². The molecule has 0 N–H and O–H groups in total. The standard InChI is InChI=1S/C11H12N2.C6H3BrN2/c12-7-10-4-6-11(13-8-10)5-3-9-1-2-9;7-6-2-1-5(3-8)4-9-6/h4,6,8-9H,1-3,5H2;1-2,4H. The Balaban J connectivity index is 0.000000172. The van der Waals surface area contributed by atoms with Gasteiger partial charge in [-0.3, -0.25) is 4.98 Å². The van der Waals surface area contributed by atoms with Gasteiger partial charge in [-0.15, -0.1) is 0 Å². The van der Waals surface area contributed by atoms with Crippen molar-refractivity contribution in [2.45, 2.75) is 25.7 Å². The van der Waals surface area contributed by atoms with Crippen LogP contribution in [0.5, 0.6) is 0 Å². The number of aryl methyl sites for hydroxylation is 1. The van der Waals surface area contributed by atoms with Crippen LogP contribution in [0.3, 0.4) is 0 Å². The molecule has 2 aromatic rings. The van der Waals surface area contributed by atoms with Crippen molar-refractivity contribution >= 4 is 15.9 Å². The summed E-state index contributed by atoms with van der Waals surface area (Å²) in [5.41, 5.74) is 2.35. The molecule has 0 bridgehead atoms. The Hall–Kier alpha value is -2.24. The maximum Gasteiger partial charge on any atom is 0.106 e. The molecular formula is C17H15BrN4. The Morgan fingerprint density at radius 2 is 1.64 bits per heavy atom. The quantitative estimate of drug-likeness (QED) is 0.780. The molecule has 2 aromatic heterocycles. The van der Waals surface area contributed by atoms with Gasteiger partial charge in [-0.05, 0) is 59.0 Å². The van der Waals surface area contributed by atoms with Gasteiger partial charge in [0.05, 0.1) is 11.1 Å². The van der Waals surface area contributed by atoms with Crippen LogP contribution in [0.15, 0.2) is 41.3 Å². The maximum absolute atomic E-state index is 8.57. The van der Waals surface area contributed by atoms with Crippen LogP contribution in [0.1, 0.15) is 36.1 Å². The minimum atomic E-state index is 0.582. The van der Waals surface area contributed by atoms with E-state index in [2.05, 4.69) is 32.0 Å². The van der Waals surface area contributed by atoms with Crippen molar-refractivity contribution in [1.29, 1.82) is 10.5 Å². The molecule has 3 rings (SSSR count). The Bertz CT molecular complexity index is 677. The number of rotatable bonds is 3. The zero-order chi connectivity index (χ0) is 15.8. The number of pyridine rings is 2. The lowest BCUT2D eigenvalue weighted by Gasteiger charge is -1.98. The van der Waals surface area contributed by atoms with Crippen molar-refractivity contribution < 1.29 is 0 Å². The summed E-state index contributed by atoms with van der Waals surface area (Å²) in [5, 5.41) is 16.9. The van der Waals surface area contributed by atoms with E-state index < -0.39 is 0 Å². The van der Waals surface area contributed by atoms with E-state index in [-0.39, 0.29) is 0 Å². The minimum Gasteiger partial charge on any atom is -0.260 e. The zero-order valence-corrected chi connectivity index (χ0v) is 13.6. The van der Waals surface area contributed by atoms with Gasteiger partial charge < -0.3 is 0 Å². The highest BCUT2D eigenvalue weighted by molar-refractivity contribution is 9.10. The second-order valence-corrected chi connectivity index (χ2v) is 5.93. The summed E-state index contributed by atoms with van der Waals surface area (Å²) in [7, 11) is 0. The number of nitrogens with zero attached hydrogens (tertiary/aromatic N) is 4. The van der Waals surface area contributed by atoms with E-state index in [0.29, 0.717) is 11.1 Å². The van der Waals surface area contributed by atoms with Gasteiger partial charge in [0.1, 0.15) is 16.7 Å². The fourth-order valence-corrected chi connectivity index (χ4v) is 2.07. The van der Waals surface area contributed by atoms with Crippen LogP contribution >= 0.6 is 15.9 Å². The van der Waals surface area contributed by atoms with Crippen molar-refractivity contribution in [1.82, 2.24) is 9.97 Å². The lowest BCUT2D eigenvalue weighted by molar-refractivity contribution is 0.714. The van der Waals surface area contributed by atoms with E-state index in [1.807, 2.05) is 18.2 Å². The van der Waals surface area contributed by atoms with E-state index in [1.165, 1.54) is 25.5 Å². The maximum atomic E-state index is 8.57. The fraction of sp³-hybridized carbons (Fsp3) is 0.294. The van der Waals surface area contributed by atoms with Gasteiger partial charge in [-0.2, -0.15) is 10.5 Å². The summed E-state index contributed by atoms with van der Waals surface area (Å²) in [4.78, 5) is 8.07. The Morgan fingerprint density at radius 3 is 2.09 bits per heavy atom. The first-order valence-electron chi connectivity index (χ1n) is 7.08. The third-order valence-electron chi connectivity index (χ3n) is 3.32. The first-order valence-corrected chi connectivity index (χ1v) is 7.87. The van der Waals surface area contributed by atoms with Crippen molar-refractivity contribution in [2.24, 2.45) is 5.92 Å². The number of nitriles is 2. The molecule has 2 heterocycles. The number of hydrogen-bond acceptors (Lipinski definition) is 4. The van der Waals surface area contributed by atoms with Gasteiger partial charge in [-0.25, -0.2) is 4.98 Å². The van der Waals surface area contributed by atoms with E-state index >= 15 is 0 Å². The summed E-state index contributed by atoms with van der Waals surface area (Å²) >= 11 is 3.15. The predicted octanol–water partition coefficient (Wildman–Crippen LogP) is 4.01. The largest absolute Gasteiger partial charge is 0.260 e. The van der Waals surface area contributed by atoms with Gasteiger partial charge in [0.25, 0.3) is 0 Å². The summed E-state index contributed by atoms with van der Waals surface area (Å²) in [6.07, 6.45) is 8.30. The molecule has 0 unspecified atom stereocenters. The van der Waals surface area contributed by atoms with Crippen molar-refractivity contribution in [2.75, 3.05) is 0 Å². The van der Waals surface area contributed by atoms with Crippen molar-refractivity contribution in [3.8, 4) is 12.1 Å². The van der Waals surface area contributed by atoms with E-state index in [0.717, 1.165) is 22.6 Å². The molecule has 0 amide bonds. The van der Waals surface area contributed by atoms with Crippen LogP contribution in [0.25, 0.3) is 0 Å². The van der Waals surface area contributed by atoms with Crippen molar-refractivity contribution in [3.63, 3.8) is 0 Å². The molecule has 22 heavy (non-hydrogen) atoms. The lowest BCUT2D eigenvalue weighted by atomic mass is 10.1. The number of hydrogen-bond donors (Lipinski definition) is 0. The van der Waals surface area contributed by atoms with Gasteiger partial charge >= 0.3 is 0 Å². The molecule has 0 saturated heterocycles. The fourth-order valence-electron chi connectivity index (χ4n) is 1.84. The summed E-state index contributed by atoms with van der Waals surface area (Å²) in [6, 6.07) is 11.3. The molecule has 0 spiro atoms. The third kappa shape index (κ3) is 5.63. The summed E-state index contributed by atoms with van der Waals surface area (Å²) < 4.78 is 0.751. The van der Waals surface area contributed by atoms with Gasteiger partial charge in [0.2, 0.25) is 0 Å². The monoisotopic (exact) mass is 354 g/mol. The van der Waals surface area contributed by atoms with E-state index in [1.54, 1.807) is 18.3 Å². The van der Waals surface area contributed by atoms with Gasteiger partial charge in [-0.1, -0.05) is 12.8 Å². The van der Waals surface area contributed by atoms with E-state index in [9.17, 15) is 0 Å². The first-order chi connectivity index (χ1) is 10.7. The normalized spacial score (nSPS) is 12.5. The molecule has 1 aliphatic carbocycles. The van der Waals surface area contributed by atoms with E-state index in [4.69, 9.17) is 10.5 Å². The average molecular weight is 355 g/mol. The molecule has 0 atom stereocenters. The predicted molar refractivity (Wildman–Crippen MR) is 86.6 cm³/mol. The second kappa shape index (κ2) is 8.26. The summed E-state index contributed by atoms with van der Waals surface area (Å²) in [6.45, 7) is 0. The topological polar surface area (TPSA) is 73.4 Å². The molecule has 0 aromatic carbocycles. The molecule has 5 heteroatoms. The molecule has 0 radical (unpaired) electrons. The lowest BCUT2D eigenvalue weighted by Crippen LogP contribution is -1.91. The zero-order valence-electron chi connectivity index (χ0n) is 12.0. The second-order valence-electron chi connectivity index (χ2n) is 5.11. The highest BCUT2D eigenvalue weighted by Crippen LogP contribution is 2.33. The van der Waals surface area contributed by atoms with Gasteiger partial charge in [0.15, 0.2) is 0 Å². The average Bonchev–Trinajstić information content (AvgIpc) is 3.39. The SMILES string of the molecule is N#Cc1ccc(Br)nc1.N#Cc1ccc(CCC2CC2)nc1.